The molecule has 4 nitrogen and oxygen atoms in total. The van der Waals surface area contributed by atoms with Crippen LogP contribution in [0.15, 0.2) is 46.7 Å². The summed E-state index contributed by atoms with van der Waals surface area (Å²) in [5.74, 6) is 0.743. The number of hydrogen-bond acceptors (Lipinski definition) is 4. The van der Waals surface area contributed by atoms with Gasteiger partial charge in [0.25, 0.3) is 5.56 Å². The number of rotatable bonds is 2. The first-order valence-electron chi connectivity index (χ1n) is 5.40. The quantitative estimate of drug-likeness (QED) is 0.709. The highest BCUT2D eigenvalue weighted by Crippen LogP contribution is 2.31. The first-order valence-corrected chi connectivity index (χ1v) is 6.28. The van der Waals surface area contributed by atoms with Crippen molar-refractivity contribution in [3.63, 3.8) is 0 Å². The fraction of sp³-hybridized carbons (Fsp3) is 0.0769. The number of aromatic nitrogens is 2. The van der Waals surface area contributed by atoms with E-state index in [1.54, 1.807) is 11.5 Å². The second-order valence-electron chi connectivity index (χ2n) is 3.72. The summed E-state index contributed by atoms with van der Waals surface area (Å²) in [5.41, 5.74) is 1.62. The van der Waals surface area contributed by atoms with Gasteiger partial charge in [-0.3, -0.25) is 9.20 Å². The monoisotopic (exact) mass is 258 g/mol. The third-order valence-electron chi connectivity index (χ3n) is 2.71. The summed E-state index contributed by atoms with van der Waals surface area (Å²) in [6.45, 7) is 0. The molecule has 2 aromatic heterocycles. The maximum Gasteiger partial charge on any atom is 0.258 e. The molecule has 0 aliphatic carbocycles. The summed E-state index contributed by atoms with van der Waals surface area (Å²) in [6, 6.07) is 9.08. The molecule has 1 aromatic carbocycles. The molecule has 0 aliphatic rings. The van der Waals surface area contributed by atoms with Gasteiger partial charge in [-0.05, 0) is 12.1 Å². The molecule has 90 valence electrons. The van der Waals surface area contributed by atoms with Crippen LogP contribution >= 0.6 is 11.3 Å². The SMILES string of the molecule is COc1ccccc1-c1csc2nccc(=O)n12. The van der Waals surface area contributed by atoms with Crippen molar-refractivity contribution in [1.82, 2.24) is 9.38 Å². The van der Waals surface area contributed by atoms with E-state index in [-0.39, 0.29) is 5.56 Å². The van der Waals surface area contributed by atoms with Gasteiger partial charge in [-0.1, -0.05) is 12.1 Å². The predicted octanol–water partition coefficient (Wildman–Crippen LogP) is 2.43. The Morgan fingerprint density at radius 3 is 2.94 bits per heavy atom. The van der Waals surface area contributed by atoms with Gasteiger partial charge >= 0.3 is 0 Å². The van der Waals surface area contributed by atoms with Crippen molar-refractivity contribution in [2.24, 2.45) is 0 Å². The van der Waals surface area contributed by atoms with Gasteiger partial charge in [0.1, 0.15) is 5.75 Å². The lowest BCUT2D eigenvalue weighted by atomic mass is 10.1. The second kappa shape index (κ2) is 4.27. The van der Waals surface area contributed by atoms with E-state index >= 15 is 0 Å². The molecular weight excluding hydrogens is 248 g/mol. The fourth-order valence-corrected chi connectivity index (χ4v) is 2.76. The third kappa shape index (κ3) is 1.60. The van der Waals surface area contributed by atoms with Gasteiger partial charge < -0.3 is 4.74 Å². The van der Waals surface area contributed by atoms with E-state index < -0.39 is 0 Å². The van der Waals surface area contributed by atoms with E-state index in [0.29, 0.717) is 4.96 Å². The van der Waals surface area contributed by atoms with Crippen LogP contribution in [0.3, 0.4) is 0 Å². The minimum absolute atomic E-state index is 0.0813. The number of para-hydroxylation sites is 1. The molecule has 0 fully saturated rings. The Kier molecular flexibility index (Phi) is 2.60. The number of methoxy groups -OCH3 is 1. The van der Waals surface area contributed by atoms with Gasteiger partial charge in [0.05, 0.1) is 12.8 Å². The highest BCUT2D eigenvalue weighted by molar-refractivity contribution is 7.15. The van der Waals surface area contributed by atoms with E-state index in [9.17, 15) is 4.79 Å². The van der Waals surface area contributed by atoms with Crippen LogP contribution in [0.25, 0.3) is 16.2 Å². The normalized spacial score (nSPS) is 10.7. The van der Waals surface area contributed by atoms with Crippen LogP contribution in [0.1, 0.15) is 0 Å². The lowest BCUT2D eigenvalue weighted by molar-refractivity contribution is 0.416. The number of hydrogen-bond donors (Lipinski definition) is 0. The zero-order valence-corrected chi connectivity index (χ0v) is 10.5. The summed E-state index contributed by atoms with van der Waals surface area (Å²) >= 11 is 1.44. The van der Waals surface area contributed by atoms with Crippen LogP contribution in [0.4, 0.5) is 0 Å². The van der Waals surface area contributed by atoms with E-state index in [2.05, 4.69) is 4.98 Å². The average Bonchev–Trinajstić information content (AvgIpc) is 2.84. The van der Waals surface area contributed by atoms with Crippen LogP contribution in [0.5, 0.6) is 5.75 Å². The molecule has 3 aromatic rings. The molecule has 3 rings (SSSR count). The van der Waals surface area contributed by atoms with Crippen molar-refractivity contribution < 1.29 is 4.74 Å². The molecular formula is C13H10N2O2S. The van der Waals surface area contributed by atoms with Crippen molar-refractivity contribution in [2.45, 2.75) is 0 Å². The maximum atomic E-state index is 11.9. The third-order valence-corrected chi connectivity index (χ3v) is 3.55. The van der Waals surface area contributed by atoms with E-state index in [1.807, 2.05) is 29.6 Å². The molecule has 0 atom stereocenters. The molecule has 0 aliphatic heterocycles. The van der Waals surface area contributed by atoms with Crippen LogP contribution < -0.4 is 10.3 Å². The smallest absolute Gasteiger partial charge is 0.258 e. The summed E-state index contributed by atoms with van der Waals surface area (Å²) in [7, 11) is 1.62. The molecule has 2 heterocycles. The van der Waals surface area contributed by atoms with Gasteiger partial charge in [-0.2, -0.15) is 0 Å². The van der Waals surface area contributed by atoms with Gasteiger partial charge in [0.15, 0.2) is 4.96 Å². The number of nitrogens with zero attached hydrogens (tertiary/aromatic N) is 2. The molecule has 0 saturated heterocycles. The molecule has 5 heteroatoms. The van der Waals surface area contributed by atoms with Crippen molar-refractivity contribution in [2.75, 3.05) is 7.11 Å². The topological polar surface area (TPSA) is 43.6 Å². The summed E-state index contributed by atoms with van der Waals surface area (Å²) in [5, 5.41) is 1.92. The number of fused-ring (bicyclic) bond motifs is 1. The van der Waals surface area contributed by atoms with Crippen LogP contribution in [-0.2, 0) is 0 Å². The van der Waals surface area contributed by atoms with E-state index in [1.165, 1.54) is 23.6 Å². The molecule has 0 amide bonds. The first kappa shape index (κ1) is 11.0. The highest BCUT2D eigenvalue weighted by atomic mass is 32.1. The van der Waals surface area contributed by atoms with Crippen molar-refractivity contribution >= 4 is 16.3 Å². The average molecular weight is 258 g/mol. The van der Waals surface area contributed by atoms with E-state index in [0.717, 1.165) is 17.0 Å². The summed E-state index contributed by atoms with van der Waals surface area (Å²) in [4.78, 5) is 16.8. The number of thiazole rings is 1. The van der Waals surface area contributed by atoms with Gasteiger partial charge in [0.2, 0.25) is 0 Å². The van der Waals surface area contributed by atoms with Gasteiger partial charge in [-0.25, -0.2) is 4.98 Å². The Morgan fingerprint density at radius 2 is 2.11 bits per heavy atom. The minimum Gasteiger partial charge on any atom is -0.496 e. The predicted molar refractivity (Wildman–Crippen MR) is 71.3 cm³/mol. The highest BCUT2D eigenvalue weighted by Gasteiger charge is 2.11. The fourth-order valence-electron chi connectivity index (χ4n) is 1.90. The number of ether oxygens (including phenoxy) is 1. The molecule has 0 unspecified atom stereocenters. The first-order chi connectivity index (χ1) is 8.81. The molecule has 18 heavy (non-hydrogen) atoms. The molecule has 0 spiro atoms. The van der Waals surface area contributed by atoms with Crippen molar-refractivity contribution in [1.29, 1.82) is 0 Å². The number of benzene rings is 1. The Balaban J connectivity index is 2.36. The zero-order valence-electron chi connectivity index (χ0n) is 9.66. The van der Waals surface area contributed by atoms with Gasteiger partial charge in [0, 0.05) is 23.2 Å². The maximum absolute atomic E-state index is 11.9. The molecule has 0 bridgehead atoms. The molecule has 0 saturated carbocycles. The molecule has 0 radical (unpaired) electrons. The molecule has 0 N–H and O–H groups in total. The van der Waals surface area contributed by atoms with Crippen LogP contribution in [0.2, 0.25) is 0 Å². The Labute approximate surface area is 107 Å². The van der Waals surface area contributed by atoms with Crippen molar-refractivity contribution in [3.05, 3.63) is 52.3 Å². The zero-order chi connectivity index (χ0) is 12.5. The van der Waals surface area contributed by atoms with Gasteiger partial charge in [-0.15, -0.1) is 11.3 Å². The van der Waals surface area contributed by atoms with Crippen LogP contribution in [0, 0.1) is 0 Å². The Hall–Kier alpha value is -2.14. The largest absolute Gasteiger partial charge is 0.496 e. The summed E-state index contributed by atoms with van der Waals surface area (Å²) in [6.07, 6.45) is 1.53. The minimum atomic E-state index is -0.0813. The van der Waals surface area contributed by atoms with Crippen LogP contribution in [-0.4, -0.2) is 16.5 Å². The Morgan fingerprint density at radius 1 is 1.28 bits per heavy atom. The van der Waals surface area contributed by atoms with E-state index in [4.69, 9.17) is 4.74 Å². The second-order valence-corrected chi connectivity index (χ2v) is 4.56. The lowest BCUT2D eigenvalue weighted by Gasteiger charge is -2.07. The van der Waals surface area contributed by atoms with Crippen molar-refractivity contribution in [3.8, 4) is 17.0 Å². The standard InChI is InChI=1S/C13H10N2O2S/c1-17-11-5-3-2-4-9(11)10-8-18-13-14-7-6-12(16)15(10)13/h2-8H,1H3. The lowest BCUT2D eigenvalue weighted by Crippen LogP contribution is -2.12. The summed E-state index contributed by atoms with van der Waals surface area (Å²) < 4.78 is 6.93. The Bertz CT molecular complexity index is 761.